The summed E-state index contributed by atoms with van der Waals surface area (Å²) < 4.78 is 6.73. The monoisotopic (exact) mass is 577 g/mol. The number of fused-ring (bicyclic) bond motifs is 6. The fourth-order valence-electron chi connectivity index (χ4n) is 6.67. The van der Waals surface area contributed by atoms with E-state index in [1.807, 2.05) is 30.3 Å². The van der Waals surface area contributed by atoms with E-state index < -0.39 is 0 Å². The van der Waals surface area contributed by atoms with Crippen LogP contribution in [0.25, 0.3) is 77.4 Å². The van der Waals surface area contributed by atoms with Crippen LogP contribution in [0.5, 0.6) is 0 Å². The minimum atomic E-state index is 0.0824. The molecule has 4 heteroatoms. The van der Waals surface area contributed by atoms with Crippen LogP contribution in [0.3, 0.4) is 0 Å². The Kier molecular flexibility index (Phi) is 5.91. The van der Waals surface area contributed by atoms with Crippen LogP contribution in [-0.2, 0) is 0 Å². The Bertz CT molecular complexity index is 2470. The van der Waals surface area contributed by atoms with Gasteiger partial charge in [-0.3, -0.25) is 0 Å². The molecule has 4 nitrogen and oxygen atoms in total. The smallest absolute Gasteiger partial charge is 0.164 e. The van der Waals surface area contributed by atoms with E-state index in [1.54, 1.807) is 0 Å². The Morgan fingerprint density at radius 2 is 1.27 bits per heavy atom. The van der Waals surface area contributed by atoms with Gasteiger partial charge in [0.2, 0.25) is 0 Å². The summed E-state index contributed by atoms with van der Waals surface area (Å²) in [5, 5.41) is 6.91. The van der Waals surface area contributed by atoms with Gasteiger partial charge in [0.1, 0.15) is 17.0 Å². The predicted octanol–water partition coefficient (Wildman–Crippen LogP) is 10.7. The van der Waals surface area contributed by atoms with Crippen molar-refractivity contribution < 1.29 is 4.42 Å². The molecule has 2 heterocycles. The van der Waals surface area contributed by atoms with E-state index in [-0.39, 0.29) is 5.92 Å². The van der Waals surface area contributed by atoms with Gasteiger partial charge in [0.25, 0.3) is 0 Å². The van der Waals surface area contributed by atoms with Crippen LogP contribution in [0.15, 0.2) is 150 Å². The minimum Gasteiger partial charge on any atom is -0.455 e. The van der Waals surface area contributed by atoms with Gasteiger partial charge in [-0.15, -0.1) is 0 Å². The second-order valence-corrected chi connectivity index (χ2v) is 11.5. The van der Waals surface area contributed by atoms with Crippen molar-refractivity contribution in [1.82, 2.24) is 15.0 Å². The van der Waals surface area contributed by atoms with Crippen molar-refractivity contribution in [3.05, 3.63) is 151 Å². The van der Waals surface area contributed by atoms with Gasteiger partial charge in [-0.05, 0) is 57.8 Å². The van der Waals surface area contributed by atoms with Crippen molar-refractivity contribution in [2.75, 3.05) is 0 Å². The molecule has 1 atom stereocenters. The molecule has 2 aromatic heterocycles. The largest absolute Gasteiger partial charge is 0.455 e. The minimum absolute atomic E-state index is 0.0824. The van der Waals surface area contributed by atoms with E-state index >= 15 is 0 Å². The van der Waals surface area contributed by atoms with E-state index in [2.05, 4.69) is 115 Å². The first kappa shape index (κ1) is 25.6. The van der Waals surface area contributed by atoms with Gasteiger partial charge in [0, 0.05) is 33.4 Å². The summed E-state index contributed by atoms with van der Waals surface area (Å²) in [5.41, 5.74) is 5.75. The normalized spacial score (nSPS) is 14.6. The SMILES string of the molecule is C1=CC[C@@H](c2nc(-c3ccccc3)nc(-c3ccc(-c4cc5ccccc5c5ccccc45)c4oc5ccccc5c34)n2)C=C1. The Hall–Kier alpha value is -5.87. The number of benzene rings is 6. The molecule has 0 radical (unpaired) electrons. The predicted molar refractivity (Wildman–Crippen MR) is 184 cm³/mol. The zero-order valence-electron chi connectivity index (χ0n) is 24.4. The molecule has 0 saturated heterocycles. The van der Waals surface area contributed by atoms with E-state index in [0.717, 1.165) is 56.4 Å². The van der Waals surface area contributed by atoms with Crippen molar-refractivity contribution in [1.29, 1.82) is 0 Å². The van der Waals surface area contributed by atoms with Crippen LogP contribution in [0, 0.1) is 0 Å². The number of rotatable bonds is 4. The highest BCUT2D eigenvalue weighted by Gasteiger charge is 2.23. The molecular formula is C41H27N3O. The first-order chi connectivity index (χ1) is 22.3. The fourth-order valence-corrected chi connectivity index (χ4v) is 6.67. The number of para-hydroxylation sites is 1. The summed E-state index contributed by atoms with van der Waals surface area (Å²) in [6.45, 7) is 0. The maximum atomic E-state index is 6.73. The molecule has 1 aliphatic rings. The quantitative estimate of drug-likeness (QED) is 0.195. The Labute approximate surface area is 260 Å². The number of hydrogen-bond acceptors (Lipinski definition) is 4. The summed E-state index contributed by atoms with van der Waals surface area (Å²) in [7, 11) is 0. The van der Waals surface area contributed by atoms with Gasteiger partial charge in [0.05, 0.1) is 0 Å². The lowest BCUT2D eigenvalue weighted by molar-refractivity contribution is 0.670. The Morgan fingerprint density at radius 1 is 0.556 bits per heavy atom. The molecule has 0 bridgehead atoms. The Morgan fingerprint density at radius 3 is 2.11 bits per heavy atom. The van der Waals surface area contributed by atoms with E-state index in [4.69, 9.17) is 19.4 Å². The number of nitrogens with zero attached hydrogens (tertiary/aromatic N) is 3. The first-order valence-electron chi connectivity index (χ1n) is 15.3. The summed E-state index contributed by atoms with van der Waals surface area (Å²) >= 11 is 0. The molecule has 0 aliphatic heterocycles. The van der Waals surface area contributed by atoms with Crippen LogP contribution in [0.1, 0.15) is 18.2 Å². The van der Waals surface area contributed by atoms with Crippen molar-refractivity contribution >= 4 is 43.5 Å². The number of hydrogen-bond donors (Lipinski definition) is 0. The summed E-state index contributed by atoms with van der Waals surface area (Å²) in [5.74, 6) is 2.17. The third kappa shape index (κ3) is 4.26. The first-order valence-corrected chi connectivity index (χ1v) is 15.3. The van der Waals surface area contributed by atoms with Gasteiger partial charge in [0.15, 0.2) is 11.6 Å². The highest BCUT2D eigenvalue weighted by molar-refractivity contribution is 6.20. The topological polar surface area (TPSA) is 51.8 Å². The van der Waals surface area contributed by atoms with Crippen LogP contribution >= 0.6 is 0 Å². The maximum absolute atomic E-state index is 6.73. The highest BCUT2D eigenvalue weighted by Crippen LogP contribution is 2.44. The van der Waals surface area contributed by atoms with Crippen molar-refractivity contribution in [2.45, 2.75) is 12.3 Å². The zero-order chi connectivity index (χ0) is 29.7. The molecule has 6 aromatic carbocycles. The molecule has 45 heavy (non-hydrogen) atoms. The van der Waals surface area contributed by atoms with Crippen LogP contribution in [0.4, 0.5) is 0 Å². The van der Waals surface area contributed by atoms with E-state index in [1.165, 1.54) is 21.5 Å². The molecule has 9 rings (SSSR count). The van der Waals surface area contributed by atoms with Crippen LogP contribution in [0.2, 0.25) is 0 Å². The summed E-state index contributed by atoms with van der Waals surface area (Å²) in [6.07, 6.45) is 9.34. The van der Waals surface area contributed by atoms with E-state index in [0.29, 0.717) is 11.6 Å². The molecule has 0 saturated carbocycles. The fraction of sp³-hybridized carbons (Fsp3) is 0.0488. The van der Waals surface area contributed by atoms with Crippen LogP contribution in [-0.4, -0.2) is 15.0 Å². The molecule has 0 spiro atoms. The molecule has 0 fully saturated rings. The van der Waals surface area contributed by atoms with Gasteiger partial charge in [-0.2, -0.15) is 0 Å². The molecule has 0 N–H and O–H groups in total. The highest BCUT2D eigenvalue weighted by atomic mass is 16.3. The average molecular weight is 578 g/mol. The van der Waals surface area contributed by atoms with Crippen molar-refractivity contribution in [3.63, 3.8) is 0 Å². The van der Waals surface area contributed by atoms with Gasteiger partial charge >= 0.3 is 0 Å². The lowest BCUT2D eigenvalue weighted by Gasteiger charge is -2.15. The third-order valence-corrected chi connectivity index (χ3v) is 8.82. The number of aromatic nitrogens is 3. The molecule has 1 aliphatic carbocycles. The molecule has 0 unspecified atom stereocenters. The lowest BCUT2D eigenvalue weighted by Crippen LogP contribution is -2.08. The molecule has 0 amide bonds. The van der Waals surface area contributed by atoms with Crippen molar-refractivity contribution in [2.24, 2.45) is 0 Å². The molecular weight excluding hydrogens is 550 g/mol. The van der Waals surface area contributed by atoms with Gasteiger partial charge in [-0.1, -0.05) is 121 Å². The van der Waals surface area contributed by atoms with Crippen LogP contribution < -0.4 is 0 Å². The molecule has 212 valence electrons. The summed E-state index contributed by atoms with van der Waals surface area (Å²) in [4.78, 5) is 15.2. The Balaban J connectivity index is 1.34. The van der Waals surface area contributed by atoms with E-state index in [9.17, 15) is 0 Å². The third-order valence-electron chi connectivity index (χ3n) is 8.82. The standard InChI is InChI=1S/C41H27N3O/c1-3-13-26(14-4-1)39-42-40(27-15-5-2-6-16-27)44-41(43-39)34-24-23-32(38-37(34)33-21-11-12-22-36(33)45-38)35-25-28-17-7-8-18-29(28)30-19-9-10-20-31(30)35/h1-15,17-25,27H,16H2/t27-/m0/s1. The number of allylic oxidation sites excluding steroid dienone is 4. The van der Waals surface area contributed by atoms with Gasteiger partial charge < -0.3 is 4.42 Å². The number of furan rings is 1. The van der Waals surface area contributed by atoms with Gasteiger partial charge in [-0.25, -0.2) is 15.0 Å². The second kappa shape index (κ2) is 10.4. The summed E-state index contributed by atoms with van der Waals surface area (Å²) in [6, 6.07) is 42.2. The lowest BCUT2D eigenvalue weighted by atomic mass is 9.91. The maximum Gasteiger partial charge on any atom is 0.164 e. The molecule has 8 aromatic rings. The average Bonchev–Trinajstić information content (AvgIpc) is 3.51. The second-order valence-electron chi connectivity index (χ2n) is 11.5. The van der Waals surface area contributed by atoms with Crippen molar-refractivity contribution in [3.8, 4) is 33.9 Å². The zero-order valence-corrected chi connectivity index (χ0v) is 24.4.